The minimum Gasteiger partial charge on any atom is -0.497 e. The van der Waals surface area contributed by atoms with Crippen molar-refractivity contribution in [3.63, 3.8) is 0 Å². The van der Waals surface area contributed by atoms with Crippen molar-refractivity contribution in [2.24, 2.45) is 0 Å². The minimum atomic E-state index is -0.0786. The van der Waals surface area contributed by atoms with Gasteiger partial charge >= 0.3 is 0 Å². The fraction of sp³-hybridized carbons (Fsp3) is 0.647. The first kappa shape index (κ1) is 16.7. The minimum absolute atomic E-state index is 0.0786. The summed E-state index contributed by atoms with van der Waals surface area (Å²) in [7, 11) is 1.70. The summed E-state index contributed by atoms with van der Waals surface area (Å²) in [5.74, 6) is 0.910. The normalized spacial score (nSPS) is 25.8. The summed E-state index contributed by atoms with van der Waals surface area (Å²) in [5.41, 5.74) is -0.0786. The average Bonchev–Trinajstić information content (AvgIpc) is 2.53. The van der Waals surface area contributed by atoms with Gasteiger partial charge in [-0.1, -0.05) is 19.4 Å². The number of nitrogens with one attached hydrogen (secondary N) is 1. The summed E-state index contributed by atoms with van der Waals surface area (Å²) in [4.78, 5) is 1.25. The Labute approximate surface area is 132 Å². The molecule has 1 aliphatic rings. The lowest BCUT2D eigenvalue weighted by atomic mass is 9.82. The van der Waals surface area contributed by atoms with Gasteiger partial charge in [0.2, 0.25) is 0 Å². The van der Waals surface area contributed by atoms with Gasteiger partial charge in [-0.25, -0.2) is 0 Å². The number of thioether (sulfide) groups is 1. The van der Waals surface area contributed by atoms with Gasteiger partial charge in [0, 0.05) is 15.7 Å². The molecule has 0 saturated heterocycles. The Morgan fingerprint density at radius 2 is 2.33 bits per heavy atom. The number of ether oxygens (including phenoxy) is 1. The highest BCUT2D eigenvalue weighted by atomic mass is 32.2. The van der Waals surface area contributed by atoms with E-state index in [1.54, 1.807) is 7.11 Å². The van der Waals surface area contributed by atoms with E-state index in [1.807, 2.05) is 23.9 Å². The van der Waals surface area contributed by atoms with E-state index < -0.39 is 0 Å². The molecular weight excluding hydrogens is 282 g/mol. The van der Waals surface area contributed by atoms with E-state index >= 15 is 0 Å². The second-order valence-electron chi connectivity index (χ2n) is 5.88. The standard InChI is InChI=1S/C17H27NO2S/c1-3-10-18-17(13-19)9-5-8-16(12-17)21-15-7-4-6-14(11-15)20-2/h4,6-7,11,16,18-19H,3,5,8-10,12-13H2,1-2H3. The van der Waals surface area contributed by atoms with Crippen molar-refractivity contribution in [3.8, 4) is 5.75 Å². The van der Waals surface area contributed by atoms with Gasteiger partial charge in [0.1, 0.15) is 5.75 Å². The van der Waals surface area contributed by atoms with E-state index in [0.29, 0.717) is 5.25 Å². The average molecular weight is 309 g/mol. The molecule has 0 amide bonds. The van der Waals surface area contributed by atoms with E-state index in [4.69, 9.17) is 4.74 Å². The molecule has 1 saturated carbocycles. The molecule has 2 N–H and O–H groups in total. The Kier molecular flexibility index (Phi) is 6.40. The first-order valence-corrected chi connectivity index (χ1v) is 8.76. The smallest absolute Gasteiger partial charge is 0.119 e. The molecule has 1 aromatic rings. The molecule has 3 nitrogen and oxygen atoms in total. The van der Waals surface area contributed by atoms with Crippen molar-refractivity contribution in [2.45, 2.75) is 54.7 Å². The van der Waals surface area contributed by atoms with Gasteiger partial charge in [-0.2, -0.15) is 0 Å². The van der Waals surface area contributed by atoms with Crippen LogP contribution in [0.1, 0.15) is 39.0 Å². The maximum Gasteiger partial charge on any atom is 0.119 e. The van der Waals surface area contributed by atoms with Crippen LogP contribution in [0.25, 0.3) is 0 Å². The van der Waals surface area contributed by atoms with E-state index in [1.165, 1.54) is 17.7 Å². The van der Waals surface area contributed by atoms with Crippen LogP contribution in [0.5, 0.6) is 5.75 Å². The number of aliphatic hydroxyl groups excluding tert-OH is 1. The lowest BCUT2D eigenvalue weighted by Crippen LogP contribution is -2.52. The first-order valence-electron chi connectivity index (χ1n) is 7.88. The van der Waals surface area contributed by atoms with Gasteiger partial charge in [0.25, 0.3) is 0 Å². The lowest BCUT2D eigenvalue weighted by Gasteiger charge is -2.40. The Balaban J connectivity index is 1.99. The predicted octanol–water partition coefficient (Wildman–Crippen LogP) is 3.46. The fourth-order valence-corrected chi connectivity index (χ4v) is 4.44. The summed E-state index contributed by atoms with van der Waals surface area (Å²) in [6.07, 6.45) is 5.62. The monoisotopic (exact) mass is 309 g/mol. The molecule has 0 spiro atoms. The maximum atomic E-state index is 9.84. The predicted molar refractivity (Wildman–Crippen MR) is 89.2 cm³/mol. The summed E-state index contributed by atoms with van der Waals surface area (Å²) in [6.45, 7) is 3.39. The van der Waals surface area contributed by atoms with Crippen LogP contribution in [0.4, 0.5) is 0 Å². The molecule has 118 valence electrons. The highest BCUT2D eigenvalue weighted by Gasteiger charge is 2.35. The van der Waals surface area contributed by atoms with Crippen LogP contribution in [0, 0.1) is 0 Å². The number of benzene rings is 1. The quantitative estimate of drug-likeness (QED) is 0.809. The van der Waals surface area contributed by atoms with Crippen molar-refractivity contribution in [3.05, 3.63) is 24.3 Å². The summed E-state index contributed by atoms with van der Waals surface area (Å²) >= 11 is 1.91. The van der Waals surface area contributed by atoms with Crippen LogP contribution in [-0.2, 0) is 0 Å². The number of hydrogen-bond acceptors (Lipinski definition) is 4. The molecule has 0 aliphatic heterocycles. The summed E-state index contributed by atoms with van der Waals surface area (Å²) in [6, 6.07) is 8.26. The molecule has 1 fully saturated rings. The number of rotatable bonds is 7. The number of hydrogen-bond donors (Lipinski definition) is 2. The molecular formula is C17H27NO2S. The molecule has 2 unspecified atom stereocenters. The third-order valence-electron chi connectivity index (χ3n) is 4.20. The third kappa shape index (κ3) is 4.63. The van der Waals surface area contributed by atoms with Crippen LogP contribution in [0.15, 0.2) is 29.2 Å². The largest absolute Gasteiger partial charge is 0.497 e. The molecule has 1 aromatic carbocycles. The molecule has 21 heavy (non-hydrogen) atoms. The van der Waals surface area contributed by atoms with Crippen molar-refractivity contribution in [1.29, 1.82) is 0 Å². The number of aliphatic hydroxyl groups is 1. The Morgan fingerprint density at radius 1 is 1.48 bits per heavy atom. The van der Waals surface area contributed by atoms with Gasteiger partial charge in [-0.3, -0.25) is 0 Å². The van der Waals surface area contributed by atoms with Gasteiger partial charge < -0.3 is 15.2 Å². The highest BCUT2D eigenvalue weighted by molar-refractivity contribution is 8.00. The van der Waals surface area contributed by atoms with Crippen molar-refractivity contribution < 1.29 is 9.84 Å². The molecule has 2 atom stereocenters. The summed E-state index contributed by atoms with van der Waals surface area (Å²) in [5, 5.41) is 14.0. The third-order valence-corrected chi connectivity index (χ3v) is 5.46. The van der Waals surface area contributed by atoms with Crippen LogP contribution < -0.4 is 10.1 Å². The molecule has 2 rings (SSSR count). The Morgan fingerprint density at radius 3 is 3.05 bits per heavy atom. The molecule has 0 aromatic heterocycles. The van der Waals surface area contributed by atoms with E-state index in [2.05, 4.69) is 24.4 Å². The van der Waals surface area contributed by atoms with E-state index in [-0.39, 0.29) is 12.1 Å². The van der Waals surface area contributed by atoms with Crippen LogP contribution in [0.2, 0.25) is 0 Å². The van der Waals surface area contributed by atoms with Gasteiger partial charge in [0.15, 0.2) is 0 Å². The first-order chi connectivity index (χ1) is 10.2. The zero-order valence-corrected chi connectivity index (χ0v) is 13.9. The second-order valence-corrected chi connectivity index (χ2v) is 7.25. The zero-order chi connectivity index (χ0) is 15.1. The van der Waals surface area contributed by atoms with Crippen LogP contribution in [-0.4, -0.2) is 36.2 Å². The maximum absolute atomic E-state index is 9.84. The SMILES string of the molecule is CCCNC1(CO)CCCC(Sc2cccc(OC)c2)C1. The fourth-order valence-electron chi connectivity index (χ4n) is 3.03. The van der Waals surface area contributed by atoms with Crippen LogP contribution >= 0.6 is 11.8 Å². The molecule has 1 aliphatic carbocycles. The zero-order valence-electron chi connectivity index (χ0n) is 13.1. The van der Waals surface area contributed by atoms with Crippen molar-refractivity contribution in [2.75, 3.05) is 20.3 Å². The number of methoxy groups -OCH3 is 1. The van der Waals surface area contributed by atoms with Crippen molar-refractivity contribution in [1.82, 2.24) is 5.32 Å². The topological polar surface area (TPSA) is 41.5 Å². The van der Waals surface area contributed by atoms with Gasteiger partial charge in [0.05, 0.1) is 13.7 Å². The van der Waals surface area contributed by atoms with Crippen LogP contribution in [0.3, 0.4) is 0 Å². The molecule has 0 heterocycles. The van der Waals surface area contributed by atoms with Gasteiger partial charge in [-0.15, -0.1) is 11.8 Å². The second kappa shape index (κ2) is 8.06. The van der Waals surface area contributed by atoms with Gasteiger partial charge in [-0.05, 0) is 50.4 Å². The van der Waals surface area contributed by atoms with E-state index in [0.717, 1.165) is 31.6 Å². The molecule has 0 bridgehead atoms. The summed E-state index contributed by atoms with van der Waals surface area (Å²) < 4.78 is 5.29. The molecule has 0 radical (unpaired) electrons. The Hall–Kier alpha value is -0.710. The van der Waals surface area contributed by atoms with E-state index in [9.17, 15) is 5.11 Å². The highest BCUT2D eigenvalue weighted by Crippen LogP contribution is 2.38. The molecule has 4 heteroatoms. The Bertz CT molecular complexity index is 441. The lowest BCUT2D eigenvalue weighted by molar-refractivity contribution is 0.124. The van der Waals surface area contributed by atoms with Crippen molar-refractivity contribution >= 4 is 11.8 Å².